The fourth-order valence-electron chi connectivity index (χ4n) is 1.24. The maximum atomic E-state index is 11.8. The van der Waals surface area contributed by atoms with Crippen LogP contribution in [0.5, 0.6) is 0 Å². The van der Waals surface area contributed by atoms with Crippen LogP contribution in [0.25, 0.3) is 0 Å². The van der Waals surface area contributed by atoms with Crippen molar-refractivity contribution < 1.29 is 0 Å². The lowest BCUT2D eigenvalue weighted by molar-refractivity contribution is 0.508. The molecule has 0 bridgehead atoms. The molecule has 1 rings (SSSR count). The van der Waals surface area contributed by atoms with Gasteiger partial charge in [-0.2, -0.15) is 4.98 Å². The summed E-state index contributed by atoms with van der Waals surface area (Å²) < 4.78 is 2.48. The van der Waals surface area contributed by atoms with Gasteiger partial charge >= 0.3 is 11.4 Å². The van der Waals surface area contributed by atoms with E-state index in [1.54, 1.807) is 13.3 Å². The number of hydrogen-bond acceptors (Lipinski definition) is 4. The first-order valence-electron chi connectivity index (χ1n) is 4.83. The van der Waals surface area contributed by atoms with Gasteiger partial charge in [0, 0.05) is 19.0 Å². The Morgan fingerprint density at radius 3 is 2.62 bits per heavy atom. The average molecular weight is 264 g/mol. The summed E-state index contributed by atoms with van der Waals surface area (Å²) in [5.74, 6) is 0. The van der Waals surface area contributed by atoms with Gasteiger partial charge in [0.25, 0.3) is 0 Å². The summed E-state index contributed by atoms with van der Waals surface area (Å²) in [4.78, 5) is 27.2. The molecular formula is C9H14ClN3O2S. The molecule has 5 nitrogen and oxygen atoms in total. The van der Waals surface area contributed by atoms with Gasteiger partial charge in [-0.05, 0) is 19.6 Å². The molecule has 0 radical (unpaired) electrons. The fraction of sp³-hybridized carbons (Fsp3) is 0.667. The molecule has 16 heavy (non-hydrogen) atoms. The molecule has 0 saturated carbocycles. The highest BCUT2D eigenvalue weighted by atomic mass is 35.5. The van der Waals surface area contributed by atoms with E-state index >= 15 is 0 Å². The van der Waals surface area contributed by atoms with Crippen molar-refractivity contribution in [3.05, 3.63) is 21.0 Å². The highest BCUT2D eigenvalue weighted by Crippen LogP contribution is 2.05. The van der Waals surface area contributed by atoms with E-state index in [1.807, 2.05) is 6.92 Å². The molecule has 0 fully saturated rings. The van der Waals surface area contributed by atoms with Gasteiger partial charge in [0.1, 0.15) is 0 Å². The Morgan fingerprint density at radius 1 is 1.50 bits per heavy atom. The lowest BCUT2D eigenvalue weighted by Gasteiger charge is -2.09. The van der Waals surface area contributed by atoms with Gasteiger partial charge in [0.05, 0.1) is 0 Å². The molecule has 0 aliphatic carbocycles. The Bertz CT molecular complexity index is 481. The minimum Gasteiger partial charge on any atom is -0.275 e. The van der Waals surface area contributed by atoms with Crippen molar-refractivity contribution in [3.63, 3.8) is 0 Å². The summed E-state index contributed by atoms with van der Waals surface area (Å²) >= 11 is 7.05. The van der Waals surface area contributed by atoms with Gasteiger partial charge in [-0.3, -0.25) is 4.57 Å². The number of nitrogens with zero attached hydrogens (tertiary/aromatic N) is 3. The zero-order valence-corrected chi connectivity index (χ0v) is 11.0. The van der Waals surface area contributed by atoms with E-state index in [0.717, 1.165) is 4.57 Å². The Labute approximate surface area is 102 Å². The van der Waals surface area contributed by atoms with Gasteiger partial charge in [-0.1, -0.05) is 11.8 Å². The quantitative estimate of drug-likeness (QED) is 0.592. The molecule has 0 N–H and O–H groups in total. The van der Waals surface area contributed by atoms with Crippen molar-refractivity contribution >= 4 is 23.4 Å². The Kier molecular flexibility index (Phi) is 4.61. The van der Waals surface area contributed by atoms with Crippen LogP contribution in [-0.2, 0) is 13.6 Å². The molecule has 1 aromatic rings. The van der Waals surface area contributed by atoms with Gasteiger partial charge in [-0.25, -0.2) is 14.2 Å². The van der Waals surface area contributed by atoms with Crippen LogP contribution in [0.3, 0.4) is 0 Å². The fourth-order valence-corrected chi connectivity index (χ4v) is 1.86. The third-order valence-corrected chi connectivity index (χ3v) is 3.11. The van der Waals surface area contributed by atoms with E-state index in [9.17, 15) is 9.59 Å². The molecule has 0 aliphatic heterocycles. The minimum absolute atomic E-state index is 0.0724. The molecule has 1 unspecified atom stereocenters. The van der Waals surface area contributed by atoms with Gasteiger partial charge in [0.2, 0.25) is 0 Å². The normalized spacial score (nSPS) is 12.8. The molecule has 1 atom stereocenters. The van der Waals surface area contributed by atoms with Gasteiger partial charge in [0.15, 0.2) is 5.16 Å². The average Bonchev–Trinajstić information content (AvgIpc) is 2.22. The smallest absolute Gasteiger partial charge is 0.275 e. The van der Waals surface area contributed by atoms with Crippen LogP contribution in [0.15, 0.2) is 14.7 Å². The zero-order chi connectivity index (χ0) is 12.3. The number of rotatable bonds is 4. The highest BCUT2D eigenvalue weighted by Gasteiger charge is 2.09. The van der Waals surface area contributed by atoms with Crippen molar-refractivity contribution in [2.24, 2.45) is 7.05 Å². The number of aromatic nitrogens is 3. The summed E-state index contributed by atoms with van der Waals surface area (Å²) in [6.07, 6.45) is 2.34. The predicted octanol–water partition coefficient (Wildman–Crippen LogP) is 0.681. The Balaban J connectivity index is 3.16. The van der Waals surface area contributed by atoms with Crippen molar-refractivity contribution in [2.75, 3.05) is 6.26 Å². The first kappa shape index (κ1) is 13.3. The lowest BCUT2D eigenvalue weighted by atomic mass is 10.3. The first-order chi connectivity index (χ1) is 7.47. The molecule has 1 heterocycles. The summed E-state index contributed by atoms with van der Waals surface area (Å²) in [6, 6.07) is 0. The number of alkyl halides is 1. The molecule has 0 spiro atoms. The van der Waals surface area contributed by atoms with Crippen LogP contribution in [0.1, 0.15) is 13.3 Å². The van der Waals surface area contributed by atoms with Gasteiger partial charge < -0.3 is 0 Å². The summed E-state index contributed by atoms with van der Waals surface area (Å²) in [7, 11) is 1.60. The van der Waals surface area contributed by atoms with Crippen LogP contribution in [-0.4, -0.2) is 25.8 Å². The first-order valence-corrected chi connectivity index (χ1v) is 6.49. The van der Waals surface area contributed by atoms with E-state index in [4.69, 9.17) is 11.6 Å². The lowest BCUT2D eigenvalue weighted by Crippen LogP contribution is -2.41. The molecular weight excluding hydrogens is 250 g/mol. The Hall–Kier alpha value is -0.750. The molecule has 0 saturated heterocycles. The second-order valence-electron chi connectivity index (χ2n) is 3.44. The maximum Gasteiger partial charge on any atom is 0.354 e. The van der Waals surface area contributed by atoms with Crippen LogP contribution >= 0.6 is 23.4 Å². The third-order valence-electron chi connectivity index (χ3n) is 2.16. The van der Waals surface area contributed by atoms with Crippen LogP contribution in [0.2, 0.25) is 0 Å². The second-order valence-corrected chi connectivity index (χ2v) is 4.96. The third kappa shape index (κ3) is 2.89. The van der Waals surface area contributed by atoms with Crippen molar-refractivity contribution in [2.45, 2.75) is 30.4 Å². The SMILES string of the molecule is CSc1nc(=O)n(CCC(C)Cl)c(=O)n1C. The van der Waals surface area contributed by atoms with E-state index in [1.165, 1.54) is 16.3 Å². The number of halogens is 1. The molecule has 0 amide bonds. The molecule has 1 aromatic heterocycles. The highest BCUT2D eigenvalue weighted by molar-refractivity contribution is 7.98. The van der Waals surface area contributed by atoms with Crippen molar-refractivity contribution in [1.82, 2.24) is 14.1 Å². The summed E-state index contributed by atoms with van der Waals surface area (Å²) in [5.41, 5.74) is -0.855. The van der Waals surface area contributed by atoms with E-state index < -0.39 is 5.69 Å². The molecule has 7 heteroatoms. The topological polar surface area (TPSA) is 56.9 Å². The molecule has 0 aliphatic rings. The van der Waals surface area contributed by atoms with Crippen molar-refractivity contribution in [1.29, 1.82) is 0 Å². The van der Waals surface area contributed by atoms with Crippen LogP contribution < -0.4 is 11.4 Å². The van der Waals surface area contributed by atoms with Gasteiger partial charge in [-0.15, -0.1) is 11.6 Å². The second kappa shape index (κ2) is 5.54. The largest absolute Gasteiger partial charge is 0.354 e. The van der Waals surface area contributed by atoms with E-state index in [0.29, 0.717) is 18.1 Å². The van der Waals surface area contributed by atoms with E-state index in [-0.39, 0.29) is 11.1 Å². The Morgan fingerprint density at radius 2 is 2.12 bits per heavy atom. The zero-order valence-electron chi connectivity index (χ0n) is 9.44. The van der Waals surface area contributed by atoms with E-state index in [2.05, 4.69) is 4.98 Å². The minimum atomic E-state index is -0.509. The summed E-state index contributed by atoms with van der Waals surface area (Å²) in [6.45, 7) is 2.12. The van der Waals surface area contributed by atoms with Crippen LogP contribution in [0.4, 0.5) is 0 Å². The maximum absolute atomic E-state index is 11.8. The molecule has 0 aromatic carbocycles. The monoisotopic (exact) mass is 263 g/mol. The number of thioether (sulfide) groups is 1. The van der Waals surface area contributed by atoms with Crippen molar-refractivity contribution in [3.8, 4) is 0 Å². The molecule has 90 valence electrons. The predicted molar refractivity (Wildman–Crippen MR) is 65.5 cm³/mol. The summed E-state index contributed by atoms with van der Waals surface area (Å²) in [5, 5.41) is 0.349. The van der Waals surface area contributed by atoms with Crippen LogP contribution in [0, 0.1) is 0 Å². The standard InChI is InChI=1S/C9H14ClN3O2S/c1-6(10)4-5-13-7(14)11-8(16-3)12(2)9(13)15/h6H,4-5H2,1-3H3. The number of hydrogen-bond donors (Lipinski definition) is 0.